The minimum atomic E-state index is -4.67. The van der Waals surface area contributed by atoms with E-state index in [1.165, 1.54) is 35.8 Å². The van der Waals surface area contributed by atoms with Crippen molar-refractivity contribution >= 4 is 11.5 Å². The summed E-state index contributed by atoms with van der Waals surface area (Å²) in [5.41, 5.74) is 2.20. The van der Waals surface area contributed by atoms with Gasteiger partial charge in [-0.3, -0.25) is 0 Å². The van der Waals surface area contributed by atoms with Crippen LogP contribution < -0.4 is 4.74 Å². The molecule has 0 radical (unpaired) electrons. The van der Waals surface area contributed by atoms with Crippen molar-refractivity contribution in [1.82, 2.24) is 9.36 Å². The summed E-state index contributed by atoms with van der Waals surface area (Å²) in [7, 11) is 0. The Hall–Kier alpha value is -1.63. The molecular weight excluding hydrogens is 241 g/mol. The molecule has 0 bridgehead atoms. The van der Waals surface area contributed by atoms with Crippen LogP contribution in [-0.2, 0) is 0 Å². The average Bonchev–Trinajstić information content (AvgIpc) is 2.69. The molecule has 7 heteroatoms. The third-order valence-corrected chi connectivity index (χ3v) is 2.19. The number of alkyl halides is 3. The van der Waals surface area contributed by atoms with Crippen molar-refractivity contribution in [2.45, 2.75) is 6.36 Å². The Morgan fingerprint density at radius 2 is 1.81 bits per heavy atom. The van der Waals surface area contributed by atoms with E-state index in [1.54, 1.807) is 5.51 Å². The summed E-state index contributed by atoms with van der Waals surface area (Å²) < 4.78 is 43.3. The van der Waals surface area contributed by atoms with E-state index in [1.807, 2.05) is 0 Å². The van der Waals surface area contributed by atoms with E-state index in [9.17, 15) is 13.2 Å². The smallest absolute Gasteiger partial charge is 0.406 e. The van der Waals surface area contributed by atoms with Crippen molar-refractivity contribution in [3.05, 3.63) is 29.8 Å². The van der Waals surface area contributed by atoms with Gasteiger partial charge in [-0.1, -0.05) is 0 Å². The van der Waals surface area contributed by atoms with Crippen LogP contribution in [0.3, 0.4) is 0 Å². The minimum absolute atomic E-state index is 0.258. The number of halogens is 3. The lowest BCUT2D eigenvalue weighted by Gasteiger charge is -2.08. The van der Waals surface area contributed by atoms with Crippen LogP contribution in [-0.4, -0.2) is 15.7 Å². The molecule has 0 saturated carbocycles. The van der Waals surface area contributed by atoms with Gasteiger partial charge in [0, 0.05) is 5.56 Å². The Bertz CT molecular complexity index is 453. The molecule has 0 aliphatic rings. The van der Waals surface area contributed by atoms with Crippen molar-refractivity contribution in [2.24, 2.45) is 0 Å². The van der Waals surface area contributed by atoms with E-state index < -0.39 is 6.36 Å². The highest BCUT2D eigenvalue weighted by Crippen LogP contribution is 2.25. The average molecular weight is 246 g/mol. The first kappa shape index (κ1) is 10.9. The second-order valence-electron chi connectivity index (χ2n) is 2.83. The van der Waals surface area contributed by atoms with E-state index in [4.69, 9.17) is 0 Å². The van der Waals surface area contributed by atoms with Gasteiger partial charge in [0.2, 0.25) is 0 Å². The molecule has 2 rings (SSSR count). The normalized spacial score (nSPS) is 11.4. The summed E-state index contributed by atoms with van der Waals surface area (Å²) in [4.78, 5) is 3.94. The highest BCUT2D eigenvalue weighted by Gasteiger charge is 2.30. The van der Waals surface area contributed by atoms with E-state index >= 15 is 0 Å². The third kappa shape index (κ3) is 2.69. The maximum Gasteiger partial charge on any atom is 0.573 e. The van der Waals surface area contributed by atoms with Crippen molar-refractivity contribution in [1.29, 1.82) is 0 Å². The van der Waals surface area contributed by atoms with Crippen LogP contribution in [0.5, 0.6) is 5.75 Å². The fraction of sp³-hybridized carbons (Fsp3) is 0.111. The van der Waals surface area contributed by atoms with Gasteiger partial charge >= 0.3 is 6.36 Å². The summed E-state index contributed by atoms with van der Waals surface area (Å²) in [5.74, 6) is 0.232. The van der Waals surface area contributed by atoms with Gasteiger partial charge in [-0.25, -0.2) is 4.98 Å². The minimum Gasteiger partial charge on any atom is -0.406 e. The van der Waals surface area contributed by atoms with Crippen LogP contribution in [0.25, 0.3) is 11.4 Å². The van der Waals surface area contributed by atoms with Crippen LogP contribution in [0, 0.1) is 0 Å². The van der Waals surface area contributed by atoms with Gasteiger partial charge in [-0.2, -0.15) is 4.37 Å². The van der Waals surface area contributed by atoms with Gasteiger partial charge in [0.15, 0.2) is 5.82 Å². The molecule has 1 aromatic heterocycles. The molecule has 0 saturated heterocycles. The van der Waals surface area contributed by atoms with E-state index in [0.29, 0.717) is 11.4 Å². The van der Waals surface area contributed by atoms with Crippen molar-refractivity contribution in [2.75, 3.05) is 0 Å². The molecular formula is C9H5F3N2OS. The summed E-state index contributed by atoms with van der Waals surface area (Å²) in [6.45, 7) is 0. The Balaban J connectivity index is 2.17. The zero-order valence-electron chi connectivity index (χ0n) is 7.73. The molecule has 0 spiro atoms. The van der Waals surface area contributed by atoms with Gasteiger partial charge in [0.1, 0.15) is 11.3 Å². The topological polar surface area (TPSA) is 35.0 Å². The lowest BCUT2D eigenvalue weighted by molar-refractivity contribution is -0.274. The SMILES string of the molecule is FC(F)(F)Oc1ccc(-c2ncsn2)cc1. The monoisotopic (exact) mass is 246 g/mol. The summed E-state index contributed by atoms with van der Waals surface area (Å²) >= 11 is 1.18. The Kier molecular flexibility index (Phi) is 2.78. The number of ether oxygens (including phenoxy) is 1. The highest BCUT2D eigenvalue weighted by atomic mass is 32.1. The molecule has 0 unspecified atom stereocenters. The van der Waals surface area contributed by atoms with Crippen LogP contribution in [0.15, 0.2) is 29.8 Å². The fourth-order valence-corrected chi connectivity index (χ4v) is 1.55. The molecule has 2 aromatic rings. The van der Waals surface area contributed by atoms with Crippen molar-refractivity contribution in [3.63, 3.8) is 0 Å². The number of benzene rings is 1. The van der Waals surface area contributed by atoms with Crippen LogP contribution in [0.2, 0.25) is 0 Å². The second kappa shape index (κ2) is 4.09. The van der Waals surface area contributed by atoms with Gasteiger partial charge in [-0.15, -0.1) is 13.2 Å². The standard InChI is InChI=1S/C9H5F3N2OS/c10-9(11,12)15-7-3-1-6(2-4-7)8-13-5-16-14-8/h1-5H. The predicted molar refractivity (Wildman–Crippen MR) is 52.0 cm³/mol. The summed E-state index contributed by atoms with van der Waals surface area (Å²) in [6.07, 6.45) is -4.67. The third-order valence-electron chi connectivity index (χ3n) is 1.71. The van der Waals surface area contributed by atoms with Gasteiger partial charge in [0.05, 0.1) is 0 Å². The molecule has 16 heavy (non-hydrogen) atoms. The van der Waals surface area contributed by atoms with E-state index in [-0.39, 0.29) is 5.75 Å². The molecule has 0 fully saturated rings. The van der Waals surface area contributed by atoms with E-state index in [2.05, 4.69) is 14.1 Å². The first-order chi connectivity index (χ1) is 7.54. The molecule has 1 heterocycles. The predicted octanol–water partition coefficient (Wildman–Crippen LogP) is 3.10. The molecule has 0 N–H and O–H groups in total. The molecule has 84 valence electrons. The Labute approximate surface area is 92.7 Å². The largest absolute Gasteiger partial charge is 0.573 e. The van der Waals surface area contributed by atoms with Gasteiger partial charge < -0.3 is 4.74 Å². The summed E-state index contributed by atoms with van der Waals surface area (Å²) in [6, 6.07) is 5.40. The first-order valence-corrected chi connectivity index (χ1v) is 5.01. The second-order valence-corrected chi connectivity index (χ2v) is 3.43. The fourth-order valence-electron chi connectivity index (χ4n) is 1.10. The van der Waals surface area contributed by atoms with Crippen molar-refractivity contribution in [3.8, 4) is 17.1 Å². The zero-order chi connectivity index (χ0) is 11.6. The first-order valence-electron chi connectivity index (χ1n) is 4.17. The van der Waals surface area contributed by atoms with Crippen LogP contribution >= 0.6 is 11.5 Å². The number of aromatic nitrogens is 2. The zero-order valence-corrected chi connectivity index (χ0v) is 8.55. The number of hydrogen-bond donors (Lipinski definition) is 0. The summed E-state index contributed by atoms with van der Waals surface area (Å²) in [5, 5.41) is 0. The molecule has 0 aliphatic heterocycles. The molecule has 0 amide bonds. The Morgan fingerprint density at radius 3 is 2.31 bits per heavy atom. The van der Waals surface area contributed by atoms with Gasteiger partial charge in [0.25, 0.3) is 0 Å². The van der Waals surface area contributed by atoms with Crippen molar-refractivity contribution < 1.29 is 17.9 Å². The molecule has 3 nitrogen and oxygen atoms in total. The van der Waals surface area contributed by atoms with Crippen LogP contribution in [0.1, 0.15) is 0 Å². The maximum atomic E-state index is 11.9. The number of hydrogen-bond acceptors (Lipinski definition) is 4. The van der Waals surface area contributed by atoms with Crippen LogP contribution in [0.4, 0.5) is 13.2 Å². The quantitative estimate of drug-likeness (QED) is 0.816. The lowest BCUT2D eigenvalue weighted by Crippen LogP contribution is -2.16. The lowest BCUT2D eigenvalue weighted by atomic mass is 10.2. The Morgan fingerprint density at radius 1 is 1.12 bits per heavy atom. The molecule has 0 atom stereocenters. The number of nitrogens with zero attached hydrogens (tertiary/aromatic N) is 2. The van der Waals surface area contributed by atoms with Gasteiger partial charge in [-0.05, 0) is 35.8 Å². The highest BCUT2D eigenvalue weighted by molar-refractivity contribution is 7.03. The molecule has 1 aromatic carbocycles. The molecule has 0 aliphatic carbocycles. The number of rotatable bonds is 2. The maximum absolute atomic E-state index is 11.9. The van der Waals surface area contributed by atoms with E-state index in [0.717, 1.165) is 0 Å².